The third-order valence-electron chi connectivity index (χ3n) is 4.06. The van der Waals surface area contributed by atoms with Crippen LogP contribution in [0.25, 0.3) is 21.5 Å². The summed E-state index contributed by atoms with van der Waals surface area (Å²) in [4.78, 5) is 11.5. The minimum Gasteiger partial charge on any atom is -0.496 e. The van der Waals surface area contributed by atoms with Crippen LogP contribution in [0.3, 0.4) is 0 Å². The lowest BCUT2D eigenvalue weighted by atomic mass is 9.90. The van der Waals surface area contributed by atoms with E-state index in [1.54, 1.807) is 7.11 Å². The second-order valence-electron chi connectivity index (χ2n) is 5.02. The minimum atomic E-state index is 0.630. The smallest absolute Gasteiger partial charge is 0.154 e. The van der Waals surface area contributed by atoms with Crippen molar-refractivity contribution in [3.63, 3.8) is 0 Å². The molecule has 0 amide bonds. The lowest BCUT2D eigenvalue weighted by Crippen LogP contribution is -1.96. The first kappa shape index (κ1) is 12.7. The van der Waals surface area contributed by atoms with Crippen LogP contribution in [-0.2, 0) is 0 Å². The highest BCUT2D eigenvalue weighted by Gasteiger charge is 2.14. The number of aryl methyl sites for hydroxylation is 2. The SMILES string of the molecule is COc1ccc2c(C)c3ccccc3c(C)c2c1C=O. The highest BCUT2D eigenvalue weighted by atomic mass is 16.5. The Kier molecular flexibility index (Phi) is 2.94. The van der Waals surface area contributed by atoms with E-state index in [-0.39, 0.29) is 0 Å². The Bertz CT molecular complexity index is 832. The number of carbonyl (C=O) groups is 1. The fourth-order valence-corrected chi connectivity index (χ4v) is 3.03. The van der Waals surface area contributed by atoms with E-state index in [9.17, 15) is 4.79 Å². The summed E-state index contributed by atoms with van der Waals surface area (Å²) in [5.74, 6) is 0.630. The fraction of sp³-hybridized carbons (Fsp3) is 0.167. The van der Waals surface area contributed by atoms with Crippen molar-refractivity contribution in [1.82, 2.24) is 0 Å². The molecule has 3 aromatic carbocycles. The minimum absolute atomic E-state index is 0.630. The second kappa shape index (κ2) is 4.64. The van der Waals surface area contributed by atoms with Crippen LogP contribution in [0.4, 0.5) is 0 Å². The maximum atomic E-state index is 11.5. The molecule has 0 aliphatic carbocycles. The van der Waals surface area contributed by atoms with E-state index in [0.717, 1.165) is 22.6 Å². The number of hydrogen-bond donors (Lipinski definition) is 0. The van der Waals surface area contributed by atoms with E-state index in [1.165, 1.54) is 16.3 Å². The first-order valence-corrected chi connectivity index (χ1v) is 6.62. The van der Waals surface area contributed by atoms with E-state index in [0.29, 0.717) is 11.3 Å². The van der Waals surface area contributed by atoms with Crippen LogP contribution >= 0.6 is 0 Å². The molecule has 20 heavy (non-hydrogen) atoms. The van der Waals surface area contributed by atoms with Gasteiger partial charge in [-0.05, 0) is 52.6 Å². The highest BCUT2D eigenvalue weighted by Crippen LogP contribution is 2.36. The van der Waals surface area contributed by atoms with Gasteiger partial charge in [0.05, 0.1) is 12.7 Å². The standard InChI is InChI=1S/C18H16O2/c1-11-13-6-4-5-7-14(13)12(2)18-15(11)8-9-17(20-3)16(18)10-19/h4-10H,1-3H3. The molecular formula is C18H16O2. The van der Waals surface area contributed by atoms with Crippen LogP contribution in [0.5, 0.6) is 5.75 Å². The van der Waals surface area contributed by atoms with E-state index in [1.807, 2.05) is 24.3 Å². The van der Waals surface area contributed by atoms with Crippen LogP contribution in [0, 0.1) is 13.8 Å². The van der Waals surface area contributed by atoms with Gasteiger partial charge >= 0.3 is 0 Å². The fourth-order valence-electron chi connectivity index (χ4n) is 3.03. The molecule has 0 N–H and O–H groups in total. The number of ether oxygens (including phenoxy) is 1. The van der Waals surface area contributed by atoms with Gasteiger partial charge in [-0.15, -0.1) is 0 Å². The summed E-state index contributed by atoms with van der Waals surface area (Å²) in [5, 5.41) is 4.54. The number of aldehydes is 1. The lowest BCUT2D eigenvalue weighted by molar-refractivity contribution is 0.112. The van der Waals surface area contributed by atoms with Crippen molar-refractivity contribution in [3.05, 3.63) is 53.1 Å². The molecular weight excluding hydrogens is 248 g/mol. The number of fused-ring (bicyclic) bond motifs is 2. The molecule has 0 aromatic heterocycles. The van der Waals surface area contributed by atoms with Crippen molar-refractivity contribution in [2.75, 3.05) is 7.11 Å². The van der Waals surface area contributed by atoms with Gasteiger partial charge in [-0.25, -0.2) is 0 Å². The van der Waals surface area contributed by atoms with Crippen molar-refractivity contribution in [2.24, 2.45) is 0 Å². The molecule has 0 heterocycles. The van der Waals surface area contributed by atoms with E-state index >= 15 is 0 Å². The van der Waals surface area contributed by atoms with Gasteiger partial charge in [0.2, 0.25) is 0 Å². The zero-order chi connectivity index (χ0) is 14.3. The average Bonchev–Trinajstić information content (AvgIpc) is 2.51. The average molecular weight is 264 g/mol. The van der Waals surface area contributed by atoms with Gasteiger partial charge in [-0.1, -0.05) is 30.3 Å². The Balaban J connectivity index is 2.62. The second-order valence-corrected chi connectivity index (χ2v) is 5.02. The summed E-state index contributed by atoms with van der Waals surface area (Å²) in [5.41, 5.74) is 2.96. The summed E-state index contributed by atoms with van der Waals surface area (Å²) < 4.78 is 5.32. The molecule has 0 bridgehead atoms. The zero-order valence-corrected chi connectivity index (χ0v) is 11.9. The van der Waals surface area contributed by atoms with E-state index < -0.39 is 0 Å². The quantitative estimate of drug-likeness (QED) is 0.505. The number of benzene rings is 3. The summed E-state index contributed by atoms with van der Waals surface area (Å²) in [6, 6.07) is 12.2. The van der Waals surface area contributed by atoms with Crippen LogP contribution < -0.4 is 4.74 Å². The summed E-state index contributed by atoms with van der Waals surface area (Å²) in [6.45, 7) is 4.17. The van der Waals surface area contributed by atoms with Crippen molar-refractivity contribution in [2.45, 2.75) is 13.8 Å². The monoisotopic (exact) mass is 264 g/mol. The van der Waals surface area contributed by atoms with Gasteiger partial charge < -0.3 is 4.74 Å². The Morgan fingerprint density at radius 1 is 0.900 bits per heavy atom. The van der Waals surface area contributed by atoms with Crippen LogP contribution in [0.1, 0.15) is 21.5 Å². The number of rotatable bonds is 2. The Hall–Kier alpha value is -2.35. The number of hydrogen-bond acceptors (Lipinski definition) is 2. The predicted molar refractivity (Wildman–Crippen MR) is 82.9 cm³/mol. The summed E-state index contributed by atoms with van der Waals surface area (Å²) in [7, 11) is 1.59. The third kappa shape index (κ3) is 1.61. The van der Waals surface area contributed by atoms with Gasteiger partial charge in [0.15, 0.2) is 6.29 Å². The van der Waals surface area contributed by atoms with Crippen LogP contribution in [0.15, 0.2) is 36.4 Å². The molecule has 0 spiro atoms. The molecule has 0 saturated carbocycles. The van der Waals surface area contributed by atoms with Gasteiger partial charge in [-0.3, -0.25) is 4.79 Å². The topological polar surface area (TPSA) is 26.3 Å². The molecule has 3 aromatic rings. The van der Waals surface area contributed by atoms with Crippen LogP contribution in [0.2, 0.25) is 0 Å². The Morgan fingerprint density at radius 3 is 2.15 bits per heavy atom. The van der Waals surface area contributed by atoms with E-state index in [4.69, 9.17) is 4.74 Å². The normalized spacial score (nSPS) is 10.9. The van der Waals surface area contributed by atoms with Gasteiger partial charge in [0, 0.05) is 0 Å². The van der Waals surface area contributed by atoms with Crippen LogP contribution in [-0.4, -0.2) is 13.4 Å². The molecule has 0 atom stereocenters. The molecule has 0 aliphatic rings. The third-order valence-corrected chi connectivity index (χ3v) is 4.06. The molecule has 100 valence electrons. The first-order chi connectivity index (χ1) is 9.69. The maximum absolute atomic E-state index is 11.5. The largest absolute Gasteiger partial charge is 0.496 e. The summed E-state index contributed by atoms with van der Waals surface area (Å²) in [6.07, 6.45) is 0.891. The van der Waals surface area contributed by atoms with Crippen molar-refractivity contribution >= 4 is 27.8 Å². The molecule has 3 rings (SSSR count). The molecule has 2 nitrogen and oxygen atoms in total. The lowest BCUT2D eigenvalue weighted by Gasteiger charge is -2.15. The predicted octanol–water partition coefficient (Wildman–Crippen LogP) is 4.43. The number of methoxy groups -OCH3 is 1. The van der Waals surface area contributed by atoms with Crippen molar-refractivity contribution in [3.8, 4) is 5.75 Å². The molecule has 2 heteroatoms. The first-order valence-electron chi connectivity index (χ1n) is 6.62. The molecule has 0 unspecified atom stereocenters. The highest BCUT2D eigenvalue weighted by molar-refractivity contribution is 6.12. The van der Waals surface area contributed by atoms with Crippen molar-refractivity contribution < 1.29 is 9.53 Å². The Morgan fingerprint density at radius 2 is 1.55 bits per heavy atom. The van der Waals surface area contributed by atoms with Gasteiger partial charge in [0.1, 0.15) is 5.75 Å². The van der Waals surface area contributed by atoms with Crippen molar-refractivity contribution in [1.29, 1.82) is 0 Å². The van der Waals surface area contributed by atoms with E-state index in [2.05, 4.69) is 26.0 Å². The molecule has 0 fully saturated rings. The summed E-state index contributed by atoms with van der Waals surface area (Å²) >= 11 is 0. The zero-order valence-electron chi connectivity index (χ0n) is 11.9. The number of carbonyl (C=O) groups excluding carboxylic acids is 1. The molecule has 0 saturated heterocycles. The molecule has 0 aliphatic heterocycles. The maximum Gasteiger partial charge on any atom is 0.154 e. The molecule has 0 radical (unpaired) electrons. The van der Waals surface area contributed by atoms with Gasteiger partial charge in [-0.2, -0.15) is 0 Å². The van der Waals surface area contributed by atoms with Gasteiger partial charge in [0.25, 0.3) is 0 Å². The Labute approximate surface area is 118 Å².